The van der Waals surface area contributed by atoms with Gasteiger partial charge < -0.3 is 4.90 Å². The van der Waals surface area contributed by atoms with Crippen molar-refractivity contribution < 1.29 is 13.2 Å². The van der Waals surface area contributed by atoms with Crippen LogP contribution in [-0.4, -0.2) is 67.3 Å². The smallest absolute Gasteiger partial charge is 0.253 e. The first-order valence-corrected chi connectivity index (χ1v) is 15.0. The van der Waals surface area contributed by atoms with Crippen LogP contribution in [0.15, 0.2) is 39.9 Å². The van der Waals surface area contributed by atoms with E-state index >= 15 is 0 Å². The number of fused-ring (bicyclic) bond motifs is 1. The van der Waals surface area contributed by atoms with E-state index in [9.17, 15) is 13.2 Å². The molecule has 1 amide bonds. The molecule has 0 saturated carbocycles. The van der Waals surface area contributed by atoms with Crippen LogP contribution < -0.4 is 4.90 Å². The summed E-state index contributed by atoms with van der Waals surface area (Å²) in [7, 11) is -3.70. The second-order valence-electron chi connectivity index (χ2n) is 8.37. The molecule has 184 valence electrons. The largest absolute Gasteiger partial charge is 0.302 e. The first-order chi connectivity index (χ1) is 16.4. The maximum Gasteiger partial charge on any atom is 0.253 e. The zero-order valence-corrected chi connectivity index (χ0v) is 22.4. The number of likely N-dealkylation sites (N-methyl/N-ethyl adjacent to an activating group) is 1. The van der Waals surface area contributed by atoms with Gasteiger partial charge in [-0.3, -0.25) is 9.69 Å². The summed E-state index contributed by atoms with van der Waals surface area (Å²) < 4.78 is 29.3. The van der Waals surface area contributed by atoms with E-state index in [1.165, 1.54) is 32.5 Å². The molecule has 34 heavy (non-hydrogen) atoms. The van der Waals surface area contributed by atoms with Crippen molar-refractivity contribution in [1.82, 2.24) is 14.2 Å². The van der Waals surface area contributed by atoms with Crippen molar-refractivity contribution in [2.45, 2.75) is 50.3 Å². The Morgan fingerprint density at radius 2 is 1.97 bits per heavy atom. The summed E-state index contributed by atoms with van der Waals surface area (Å²) in [6.45, 7) is 9.65. The third-order valence-electron chi connectivity index (χ3n) is 6.43. The topological polar surface area (TPSA) is 73.8 Å². The highest BCUT2D eigenvalue weighted by atomic mass is 32.2. The molecule has 0 aliphatic carbocycles. The lowest BCUT2D eigenvalue weighted by Crippen LogP contribution is -2.49. The molecule has 1 aliphatic heterocycles. The Morgan fingerprint density at radius 1 is 1.18 bits per heavy atom. The molecule has 0 N–H and O–H groups in total. The molecule has 3 heterocycles. The number of anilines is 1. The Bertz CT molecular complexity index is 1220. The molecule has 2 aromatic heterocycles. The summed E-state index contributed by atoms with van der Waals surface area (Å²) >= 11 is 2.70. The average molecular weight is 521 g/mol. The lowest BCUT2D eigenvalue weighted by Gasteiger charge is -2.29. The van der Waals surface area contributed by atoms with Gasteiger partial charge in [-0.25, -0.2) is 13.4 Å². The number of carbonyl (C=O) groups is 1. The maximum absolute atomic E-state index is 13.9. The number of aromatic nitrogens is 1. The number of rotatable bonds is 10. The molecule has 1 atom stereocenters. The highest BCUT2D eigenvalue weighted by Gasteiger charge is 2.42. The molecule has 3 aromatic rings. The zero-order valence-electron chi connectivity index (χ0n) is 19.9. The minimum absolute atomic E-state index is 0.181. The maximum atomic E-state index is 13.9. The fourth-order valence-corrected chi connectivity index (χ4v) is 8.19. The summed E-state index contributed by atoms with van der Waals surface area (Å²) in [5.41, 5.74) is 2.10. The van der Waals surface area contributed by atoms with Gasteiger partial charge in [0, 0.05) is 19.6 Å². The predicted molar refractivity (Wildman–Crippen MR) is 140 cm³/mol. The first-order valence-electron chi connectivity index (χ1n) is 11.9. The molecule has 10 heteroatoms. The van der Waals surface area contributed by atoms with Gasteiger partial charge in [0.25, 0.3) is 10.0 Å². The normalized spacial score (nSPS) is 17.1. The Kier molecular flexibility index (Phi) is 8.04. The minimum Gasteiger partial charge on any atom is -0.302 e. The van der Waals surface area contributed by atoms with Crippen LogP contribution in [0.25, 0.3) is 10.2 Å². The van der Waals surface area contributed by atoms with E-state index < -0.39 is 16.1 Å². The number of benzene rings is 1. The summed E-state index contributed by atoms with van der Waals surface area (Å²) in [5.74, 6) is -0.181. The van der Waals surface area contributed by atoms with Gasteiger partial charge in [0.1, 0.15) is 10.3 Å². The molecule has 1 unspecified atom stereocenters. The monoisotopic (exact) mass is 520 g/mol. The number of carbonyl (C=O) groups excluding carboxylic acids is 1. The van der Waals surface area contributed by atoms with E-state index in [0.717, 1.165) is 29.7 Å². The third-order valence-corrected chi connectivity index (χ3v) is 10.8. The van der Waals surface area contributed by atoms with E-state index in [0.29, 0.717) is 37.6 Å². The van der Waals surface area contributed by atoms with Gasteiger partial charge >= 0.3 is 0 Å². The van der Waals surface area contributed by atoms with Crippen molar-refractivity contribution in [2.75, 3.05) is 37.6 Å². The number of thiazole rings is 1. The standard InChI is InChI=1S/C24H32N4O3S3/c1-4-18-11-12-19-21(17-18)33-24(25-19)27(15-14-26(5-2)6-3)23(29)20-9-7-13-28(20)34(30,31)22-10-8-16-32-22/h8,10-12,16-17,20H,4-7,9,13-15H2,1-3H3. The second kappa shape index (κ2) is 10.8. The quantitative estimate of drug-likeness (QED) is 0.395. The fraction of sp³-hybridized carbons (Fsp3) is 0.500. The molecular formula is C24H32N4O3S3. The van der Waals surface area contributed by atoms with Crippen molar-refractivity contribution >= 4 is 54.0 Å². The molecule has 0 radical (unpaired) electrons. The van der Waals surface area contributed by atoms with Crippen LogP contribution >= 0.6 is 22.7 Å². The van der Waals surface area contributed by atoms with Crippen molar-refractivity contribution in [1.29, 1.82) is 0 Å². The predicted octanol–water partition coefficient (Wildman–Crippen LogP) is 4.45. The van der Waals surface area contributed by atoms with Crippen LogP contribution in [0.4, 0.5) is 5.13 Å². The van der Waals surface area contributed by atoms with E-state index in [4.69, 9.17) is 4.98 Å². The van der Waals surface area contributed by atoms with E-state index in [1.54, 1.807) is 22.4 Å². The number of hydrogen-bond donors (Lipinski definition) is 0. The molecule has 1 saturated heterocycles. The van der Waals surface area contributed by atoms with Gasteiger partial charge in [0.2, 0.25) is 5.91 Å². The fourth-order valence-electron chi connectivity index (χ4n) is 4.35. The van der Waals surface area contributed by atoms with Crippen LogP contribution in [0.5, 0.6) is 0 Å². The average Bonchev–Trinajstić information content (AvgIpc) is 3.61. The van der Waals surface area contributed by atoms with Crippen molar-refractivity contribution in [3.05, 3.63) is 41.3 Å². The number of thiophene rings is 1. The van der Waals surface area contributed by atoms with Gasteiger partial charge in [-0.15, -0.1) is 11.3 Å². The molecule has 4 rings (SSSR count). The Morgan fingerprint density at radius 3 is 2.65 bits per heavy atom. The van der Waals surface area contributed by atoms with Gasteiger partial charge in [0.15, 0.2) is 5.13 Å². The molecule has 1 fully saturated rings. The lowest BCUT2D eigenvalue weighted by atomic mass is 10.2. The molecule has 0 spiro atoms. The highest BCUT2D eigenvalue weighted by Crippen LogP contribution is 2.34. The first kappa shape index (κ1) is 25.2. The van der Waals surface area contributed by atoms with Gasteiger partial charge in [-0.2, -0.15) is 4.31 Å². The van der Waals surface area contributed by atoms with Gasteiger partial charge in [-0.05, 0) is 61.5 Å². The van der Waals surface area contributed by atoms with E-state index in [-0.39, 0.29) is 10.1 Å². The molecular weight excluding hydrogens is 488 g/mol. The third kappa shape index (κ3) is 5.06. The van der Waals surface area contributed by atoms with Crippen LogP contribution in [0, 0.1) is 0 Å². The lowest BCUT2D eigenvalue weighted by molar-refractivity contribution is -0.121. The molecule has 1 aliphatic rings. The Labute approximate surface area is 210 Å². The van der Waals surface area contributed by atoms with Crippen LogP contribution in [0.3, 0.4) is 0 Å². The zero-order chi connectivity index (χ0) is 24.3. The summed E-state index contributed by atoms with van der Waals surface area (Å²) in [5, 5.41) is 2.39. The van der Waals surface area contributed by atoms with Crippen LogP contribution in [0.1, 0.15) is 39.2 Å². The van der Waals surface area contributed by atoms with Crippen LogP contribution in [-0.2, 0) is 21.2 Å². The number of sulfonamides is 1. The van der Waals surface area contributed by atoms with E-state index in [1.807, 2.05) is 6.07 Å². The minimum atomic E-state index is -3.70. The number of hydrogen-bond acceptors (Lipinski definition) is 7. The number of aryl methyl sites for hydroxylation is 1. The van der Waals surface area contributed by atoms with Crippen molar-refractivity contribution in [2.24, 2.45) is 0 Å². The SMILES string of the molecule is CCc1ccc2nc(N(CCN(CC)CC)C(=O)C3CCCN3S(=O)(=O)c3cccs3)sc2c1. The summed E-state index contributed by atoms with van der Waals surface area (Å²) in [6.07, 6.45) is 2.13. The van der Waals surface area contributed by atoms with Crippen molar-refractivity contribution in [3.8, 4) is 0 Å². The Hall–Kier alpha value is -1.85. The van der Waals surface area contributed by atoms with Crippen molar-refractivity contribution in [3.63, 3.8) is 0 Å². The molecule has 0 bridgehead atoms. The highest BCUT2D eigenvalue weighted by molar-refractivity contribution is 7.91. The summed E-state index contributed by atoms with van der Waals surface area (Å²) in [6, 6.07) is 8.84. The van der Waals surface area contributed by atoms with E-state index in [2.05, 4.69) is 37.8 Å². The van der Waals surface area contributed by atoms with Crippen LogP contribution in [0.2, 0.25) is 0 Å². The molecule has 7 nitrogen and oxygen atoms in total. The molecule has 1 aromatic carbocycles. The number of amides is 1. The number of nitrogens with zero attached hydrogens (tertiary/aromatic N) is 4. The van der Waals surface area contributed by atoms with Gasteiger partial charge in [-0.1, -0.05) is 44.2 Å². The van der Waals surface area contributed by atoms with Gasteiger partial charge in [0.05, 0.1) is 10.2 Å². The second-order valence-corrected chi connectivity index (χ2v) is 12.4. The Balaban J connectivity index is 1.67. The summed E-state index contributed by atoms with van der Waals surface area (Å²) in [4.78, 5) is 22.7.